The maximum absolute atomic E-state index is 11.8. The van der Waals surface area contributed by atoms with Crippen LogP contribution < -0.4 is 10.6 Å². The molecule has 1 amide bonds. The fraction of sp³-hybridized carbons (Fsp3) is 0.923. The van der Waals surface area contributed by atoms with E-state index >= 15 is 0 Å². The van der Waals surface area contributed by atoms with Gasteiger partial charge in [-0.25, -0.2) is 8.42 Å². The van der Waals surface area contributed by atoms with Gasteiger partial charge in [0.1, 0.15) is 9.84 Å². The van der Waals surface area contributed by atoms with Crippen LogP contribution in [-0.4, -0.2) is 43.5 Å². The first-order chi connectivity index (χ1) is 8.39. The molecule has 1 aliphatic rings. The van der Waals surface area contributed by atoms with E-state index in [4.69, 9.17) is 0 Å². The van der Waals surface area contributed by atoms with Crippen LogP contribution in [0.25, 0.3) is 0 Å². The van der Waals surface area contributed by atoms with Crippen molar-refractivity contribution in [2.24, 2.45) is 0 Å². The molecular weight excluding hydrogens is 264 g/mol. The Morgan fingerprint density at radius 1 is 1.21 bits per heavy atom. The Morgan fingerprint density at radius 2 is 1.68 bits per heavy atom. The average Bonchev–Trinajstić information content (AvgIpc) is 2.07. The third-order valence-corrected chi connectivity index (χ3v) is 4.20. The molecule has 1 saturated heterocycles. The van der Waals surface area contributed by atoms with Crippen molar-refractivity contribution in [1.82, 2.24) is 10.6 Å². The highest BCUT2D eigenvalue weighted by Gasteiger charge is 2.38. The molecule has 0 aromatic heterocycles. The molecule has 1 fully saturated rings. The van der Waals surface area contributed by atoms with Crippen LogP contribution in [0, 0.1) is 0 Å². The number of nitrogens with one attached hydrogen (secondary N) is 2. The van der Waals surface area contributed by atoms with Crippen molar-refractivity contribution in [3.8, 4) is 0 Å². The second kappa shape index (κ2) is 5.40. The van der Waals surface area contributed by atoms with Crippen molar-refractivity contribution >= 4 is 15.7 Å². The number of amides is 1. The Kier molecular flexibility index (Phi) is 4.67. The fourth-order valence-corrected chi connectivity index (χ4v) is 3.56. The van der Waals surface area contributed by atoms with E-state index in [9.17, 15) is 13.2 Å². The minimum absolute atomic E-state index is 0.0312. The molecule has 0 atom stereocenters. The molecule has 0 saturated carbocycles. The van der Waals surface area contributed by atoms with Gasteiger partial charge in [-0.15, -0.1) is 0 Å². The number of carbonyl (C=O) groups excluding carboxylic acids is 1. The molecular formula is C13H26N2O3S. The van der Waals surface area contributed by atoms with Crippen molar-refractivity contribution in [1.29, 1.82) is 0 Å². The van der Waals surface area contributed by atoms with Crippen molar-refractivity contribution in [2.75, 3.05) is 12.0 Å². The lowest BCUT2D eigenvalue weighted by Crippen LogP contribution is -2.62. The van der Waals surface area contributed by atoms with Gasteiger partial charge in [-0.2, -0.15) is 0 Å². The summed E-state index contributed by atoms with van der Waals surface area (Å²) in [4.78, 5) is 11.8. The molecule has 0 unspecified atom stereocenters. The van der Waals surface area contributed by atoms with E-state index in [-0.39, 0.29) is 35.2 Å². The second-order valence-electron chi connectivity index (χ2n) is 6.95. The van der Waals surface area contributed by atoms with Gasteiger partial charge in [-0.3, -0.25) is 4.79 Å². The third kappa shape index (κ3) is 6.38. The topological polar surface area (TPSA) is 75.3 Å². The van der Waals surface area contributed by atoms with Gasteiger partial charge in [0.05, 0.1) is 5.75 Å². The summed E-state index contributed by atoms with van der Waals surface area (Å²) in [6.45, 7) is 8.46. The van der Waals surface area contributed by atoms with Crippen LogP contribution >= 0.6 is 0 Å². The molecule has 19 heavy (non-hydrogen) atoms. The molecule has 0 aliphatic carbocycles. The quantitative estimate of drug-likeness (QED) is 0.805. The van der Waals surface area contributed by atoms with Gasteiger partial charge in [-0.1, -0.05) is 0 Å². The van der Waals surface area contributed by atoms with Crippen molar-refractivity contribution < 1.29 is 13.2 Å². The molecule has 1 heterocycles. The van der Waals surface area contributed by atoms with Crippen LogP contribution in [0.5, 0.6) is 0 Å². The number of hydrogen-bond acceptors (Lipinski definition) is 4. The average molecular weight is 290 g/mol. The summed E-state index contributed by atoms with van der Waals surface area (Å²) in [7, 11) is -3.08. The SMILES string of the molecule is CC1(C)CC(NC(=O)CCS(C)(=O)=O)CC(C)(C)N1. The first kappa shape index (κ1) is 16.4. The predicted octanol–water partition coefficient (Wildman–Crippen LogP) is 0.847. The zero-order valence-corrected chi connectivity index (χ0v) is 13.4. The van der Waals surface area contributed by atoms with Gasteiger partial charge in [0.2, 0.25) is 5.91 Å². The van der Waals surface area contributed by atoms with Crippen molar-refractivity contribution in [3.63, 3.8) is 0 Å². The zero-order valence-electron chi connectivity index (χ0n) is 12.5. The molecule has 2 N–H and O–H groups in total. The first-order valence-corrected chi connectivity index (χ1v) is 8.71. The lowest BCUT2D eigenvalue weighted by Gasteiger charge is -2.46. The normalized spacial score (nSPS) is 23.0. The number of hydrogen-bond donors (Lipinski definition) is 2. The number of rotatable bonds is 4. The van der Waals surface area contributed by atoms with E-state index < -0.39 is 9.84 Å². The van der Waals surface area contributed by atoms with Gasteiger partial charge >= 0.3 is 0 Å². The molecule has 0 aromatic rings. The monoisotopic (exact) mass is 290 g/mol. The Hall–Kier alpha value is -0.620. The second-order valence-corrected chi connectivity index (χ2v) is 9.21. The maximum atomic E-state index is 11.8. The van der Waals surface area contributed by atoms with E-state index in [2.05, 4.69) is 38.3 Å². The molecule has 0 bridgehead atoms. The molecule has 0 spiro atoms. The third-order valence-electron chi connectivity index (χ3n) is 3.26. The Morgan fingerprint density at radius 3 is 2.11 bits per heavy atom. The van der Waals surface area contributed by atoms with Gasteiger partial charge < -0.3 is 10.6 Å². The number of carbonyl (C=O) groups is 1. The van der Waals surface area contributed by atoms with E-state index in [1.165, 1.54) is 0 Å². The minimum Gasteiger partial charge on any atom is -0.353 e. The largest absolute Gasteiger partial charge is 0.353 e. The highest BCUT2D eigenvalue weighted by atomic mass is 32.2. The first-order valence-electron chi connectivity index (χ1n) is 6.65. The highest BCUT2D eigenvalue weighted by molar-refractivity contribution is 7.90. The standard InChI is InChI=1S/C13H26N2O3S/c1-12(2)8-10(9-13(3,4)15-12)14-11(16)6-7-19(5,17)18/h10,15H,6-9H2,1-5H3,(H,14,16). The Balaban J connectivity index is 2.54. The summed E-state index contributed by atoms with van der Waals surface area (Å²) >= 11 is 0. The molecule has 1 rings (SSSR count). The Labute approximate surface area is 116 Å². The molecule has 1 aliphatic heterocycles. The van der Waals surface area contributed by atoms with Crippen molar-refractivity contribution in [2.45, 2.75) is 64.1 Å². The summed E-state index contributed by atoms with van der Waals surface area (Å²) < 4.78 is 22.1. The maximum Gasteiger partial charge on any atom is 0.221 e. The van der Waals surface area contributed by atoms with E-state index in [0.29, 0.717) is 0 Å². The number of piperidine rings is 1. The van der Waals surface area contributed by atoms with Gasteiger partial charge in [0, 0.05) is 29.8 Å². The lowest BCUT2D eigenvalue weighted by molar-refractivity contribution is -0.121. The van der Waals surface area contributed by atoms with Crippen LogP contribution in [0.3, 0.4) is 0 Å². The molecule has 5 nitrogen and oxygen atoms in total. The van der Waals surface area contributed by atoms with Crippen LogP contribution in [0.1, 0.15) is 47.0 Å². The van der Waals surface area contributed by atoms with Crippen molar-refractivity contribution in [3.05, 3.63) is 0 Å². The highest BCUT2D eigenvalue weighted by Crippen LogP contribution is 2.28. The summed E-state index contributed by atoms with van der Waals surface area (Å²) in [5.41, 5.74) is -0.0624. The van der Waals surface area contributed by atoms with E-state index in [1.54, 1.807) is 0 Å². The summed E-state index contributed by atoms with van der Waals surface area (Å²) in [5.74, 6) is -0.264. The summed E-state index contributed by atoms with van der Waals surface area (Å²) in [6, 6.07) is 0.0957. The Bertz CT molecular complexity index is 425. The van der Waals surface area contributed by atoms with E-state index in [1.807, 2.05) is 0 Å². The minimum atomic E-state index is -3.08. The van der Waals surface area contributed by atoms with Crippen LogP contribution in [0.15, 0.2) is 0 Å². The molecule has 6 heteroatoms. The van der Waals surface area contributed by atoms with Crippen LogP contribution in [0.4, 0.5) is 0 Å². The molecule has 112 valence electrons. The zero-order chi connectivity index (χ0) is 14.9. The molecule has 0 aromatic carbocycles. The van der Waals surface area contributed by atoms with E-state index in [0.717, 1.165) is 19.1 Å². The van der Waals surface area contributed by atoms with Gasteiger partial charge in [0.25, 0.3) is 0 Å². The summed E-state index contributed by atoms with van der Waals surface area (Å²) in [5, 5.41) is 6.50. The summed E-state index contributed by atoms with van der Waals surface area (Å²) in [6.07, 6.45) is 2.89. The van der Waals surface area contributed by atoms with Gasteiger partial charge in [0.15, 0.2) is 0 Å². The van der Waals surface area contributed by atoms with Crippen LogP contribution in [0.2, 0.25) is 0 Å². The predicted molar refractivity (Wildman–Crippen MR) is 76.8 cm³/mol. The lowest BCUT2D eigenvalue weighted by atomic mass is 9.79. The molecule has 0 radical (unpaired) electrons. The fourth-order valence-electron chi connectivity index (χ4n) is 3.00. The smallest absolute Gasteiger partial charge is 0.221 e. The number of sulfone groups is 1. The van der Waals surface area contributed by atoms with Gasteiger partial charge in [-0.05, 0) is 40.5 Å². The van der Waals surface area contributed by atoms with Crippen LogP contribution in [-0.2, 0) is 14.6 Å².